The average Bonchev–Trinajstić information content (AvgIpc) is 3.58. The number of carbonyl (C=O) groups is 1. The maximum absolute atomic E-state index is 13.7. The summed E-state index contributed by atoms with van der Waals surface area (Å²) < 4.78 is 43.1. The lowest BCUT2D eigenvalue weighted by atomic mass is 9.82. The number of aromatic amines is 1. The zero-order valence-electron chi connectivity index (χ0n) is 20.6. The van der Waals surface area contributed by atoms with Gasteiger partial charge in [-0.3, -0.25) is 4.79 Å². The van der Waals surface area contributed by atoms with Crippen LogP contribution in [-0.2, 0) is 24.7 Å². The fourth-order valence-electron chi connectivity index (χ4n) is 4.29. The quantitative estimate of drug-likeness (QED) is 0.319. The van der Waals surface area contributed by atoms with Gasteiger partial charge in [-0.15, -0.1) is 10.2 Å². The van der Waals surface area contributed by atoms with Crippen molar-refractivity contribution < 1.29 is 18.0 Å². The summed E-state index contributed by atoms with van der Waals surface area (Å²) >= 11 is 0. The fraction of sp³-hybridized carbons (Fsp3) is 0.222. The van der Waals surface area contributed by atoms with Crippen LogP contribution in [0.25, 0.3) is 11.0 Å². The molecular weight excluding hydrogens is 495 g/mol. The third-order valence-corrected chi connectivity index (χ3v) is 6.47. The lowest BCUT2D eigenvalue weighted by molar-refractivity contribution is -0.137. The monoisotopic (exact) mass is 519 g/mol. The predicted octanol–water partition coefficient (Wildman–Crippen LogP) is 4.87. The molecule has 0 fully saturated rings. The van der Waals surface area contributed by atoms with E-state index in [1.54, 1.807) is 20.2 Å². The van der Waals surface area contributed by atoms with Crippen LogP contribution in [0.4, 0.5) is 13.2 Å². The minimum absolute atomic E-state index is 0.104. The Hall–Kier alpha value is -4.54. The minimum atomic E-state index is -4.63. The normalized spacial score (nSPS) is 12.1. The summed E-state index contributed by atoms with van der Waals surface area (Å²) in [6.45, 7) is 4.08. The molecule has 0 atom stereocenters. The summed E-state index contributed by atoms with van der Waals surface area (Å²) in [7, 11) is 0. The molecule has 0 aliphatic heterocycles. The molecule has 1 amide bonds. The van der Waals surface area contributed by atoms with Gasteiger partial charge in [0.15, 0.2) is 5.82 Å². The van der Waals surface area contributed by atoms with Crippen LogP contribution in [0.1, 0.15) is 52.3 Å². The van der Waals surface area contributed by atoms with Gasteiger partial charge in [-0.05, 0) is 60.9 Å². The molecule has 8 nitrogen and oxygen atoms in total. The van der Waals surface area contributed by atoms with E-state index in [9.17, 15) is 18.0 Å². The van der Waals surface area contributed by atoms with Crippen molar-refractivity contribution in [3.05, 3.63) is 107 Å². The molecule has 2 heterocycles. The molecule has 0 bridgehead atoms. The van der Waals surface area contributed by atoms with E-state index < -0.39 is 23.1 Å². The zero-order valence-corrected chi connectivity index (χ0v) is 20.6. The van der Waals surface area contributed by atoms with Crippen LogP contribution in [0.5, 0.6) is 0 Å². The van der Waals surface area contributed by atoms with Gasteiger partial charge in [-0.1, -0.05) is 41.6 Å². The fourth-order valence-corrected chi connectivity index (χ4v) is 4.29. The van der Waals surface area contributed by atoms with Gasteiger partial charge in [0.2, 0.25) is 0 Å². The van der Waals surface area contributed by atoms with Gasteiger partial charge < -0.3 is 9.88 Å². The molecule has 0 unspecified atom stereocenters. The van der Waals surface area contributed by atoms with Crippen LogP contribution < -0.4 is 5.32 Å². The number of carbonyl (C=O) groups excluding carboxylic acids is 1. The highest BCUT2D eigenvalue weighted by Crippen LogP contribution is 2.36. The van der Waals surface area contributed by atoms with Gasteiger partial charge in [0, 0.05) is 18.7 Å². The summed E-state index contributed by atoms with van der Waals surface area (Å²) in [5.41, 5.74) is 1.93. The first-order chi connectivity index (χ1) is 18.1. The largest absolute Gasteiger partial charge is 0.416 e. The Bertz CT molecular complexity index is 1590. The Labute approximate surface area is 215 Å². The summed E-state index contributed by atoms with van der Waals surface area (Å²) in [6, 6.07) is 18.8. The molecule has 0 spiro atoms. The highest BCUT2D eigenvalue weighted by atomic mass is 19.4. The third-order valence-electron chi connectivity index (χ3n) is 6.47. The standard InChI is InChI=1S/C27H24F3N7O/c1-26(2,25-33-35-36-34-25)20-11-19(12-21(13-20)27(28,29)30)24(38)31-14-17-6-5-7-18(10-17)15-37-16-32-22-8-3-4-9-23(22)37/h3-13,16H,14-15H2,1-2H3,(H,31,38)(H,33,34,35,36). The highest BCUT2D eigenvalue weighted by Gasteiger charge is 2.35. The Morgan fingerprint density at radius 1 is 0.974 bits per heavy atom. The van der Waals surface area contributed by atoms with Gasteiger partial charge in [-0.2, -0.15) is 18.4 Å². The molecular formula is C27H24F3N7O. The number of nitrogens with zero attached hydrogens (tertiary/aromatic N) is 5. The van der Waals surface area contributed by atoms with E-state index in [1.165, 1.54) is 6.07 Å². The van der Waals surface area contributed by atoms with Crippen molar-refractivity contribution in [2.45, 2.75) is 38.5 Å². The summed E-state index contributed by atoms with van der Waals surface area (Å²) in [5, 5.41) is 16.4. The topological polar surface area (TPSA) is 101 Å². The molecule has 11 heteroatoms. The Balaban J connectivity index is 1.35. The summed E-state index contributed by atoms with van der Waals surface area (Å²) in [6.07, 6.45) is -2.86. The maximum Gasteiger partial charge on any atom is 0.416 e. The van der Waals surface area contributed by atoms with Crippen molar-refractivity contribution in [1.29, 1.82) is 0 Å². The molecule has 0 saturated carbocycles. The molecule has 0 aliphatic carbocycles. The predicted molar refractivity (Wildman–Crippen MR) is 134 cm³/mol. The van der Waals surface area contributed by atoms with E-state index in [2.05, 4.69) is 30.9 Å². The van der Waals surface area contributed by atoms with Crippen molar-refractivity contribution in [3.8, 4) is 0 Å². The number of aromatic nitrogens is 6. The van der Waals surface area contributed by atoms with E-state index in [-0.39, 0.29) is 23.5 Å². The van der Waals surface area contributed by atoms with E-state index in [0.29, 0.717) is 6.54 Å². The smallest absolute Gasteiger partial charge is 0.348 e. The van der Waals surface area contributed by atoms with Crippen molar-refractivity contribution in [2.24, 2.45) is 0 Å². The number of hydrogen-bond donors (Lipinski definition) is 2. The van der Waals surface area contributed by atoms with Gasteiger partial charge in [0.25, 0.3) is 5.91 Å². The summed E-state index contributed by atoms with van der Waals surface area (Å²) in [4.78, 5) is 17.4. The van der Waals surface area contributed by atoms with Gasteiger partial charge in [0.1, 0.15) is 0 Å². The number of amides is 1. The van der Waals surface area contributed by atoms with Crippen LogP contribution in [0.3, 0.4) is 0 Å². The number of alkyl halides is 3. The molecule has 0 aliphatic rings. The molecule has 3 aromatic carbocycles. The van der Waals surface area contributed by atoms with E-state index >= 15 is 0 Å². The molecule has 5 rings (SSSR count). The first-order valence-electron chi connectivity index (χ1n) is 11.8. The average molecular weight is 520 g/mol. The number of tetrazole rings is 1. The second kappa shape index (κ2) is 9.73. The van der Waals surface area contributed by atoms with Gasteiger partial charge in [-0.25, -0.2) is 4.98 Å². The van der Waals surface area contributed by atoms with E-state index in [0.717, 1.165) is 34.3 Å². The minimum Gasteiger partial charge on any atom is -0.348 e. The molecule has 0 radical (unpaired) electrons. The number of fused-ring (bicyclic) bond motifs is 1. The number of hydrogen-bond acceptors (Lipinski definition) is 5. The van der Waals surface area contributed by atoms with Crippen LogP contribution in [-0.4, -0.2) is 36.1 Å². The van der Waals surface area contributed by atoms with Crippen molar-refractivity contribution >= 4 is 16.9 Å². The lowest BCUT2D eigenvalue weighted by Crippen LogP contribution is -2.26. The van der Waals surface area contributed by atoms with Crippen molar-refractivity contribution in [1.82, 2.24) is 35.5 Å². The van der Waals surface area contributed by atoms with Gasteiger partial charge in [0.05, 0.1) is 28.3 Å². The Morgan fingerprint density at radius 2 is 1.74 bits per heavy atom. The van der Waals surface area contributed by atoms with Crippen molar-refractivity contribution in [3.63, 3.8) is 0 Å². The van der Waals surface area contributed by atoms with Gasteiger partial charge >= 0.3 is 6.18 Å². The number of nitrogens with one attached hydrogen (secondary N) is 2. The van der Waals surface area contributed by atoms with E-state index in [4.69, 9.17) is 0 Å². The Kier molecular flexibility index (Phi) is 6.43. The highest BCUT2D eigenvalue weighted by molar-refractivity contribution is 5.94. The van der Waals surface area contributed by atoms with Crippen LogP contribution in [0, 0.1) is 0 Å². The number of rotatable bonds is 7. The molecule has 0 saturated heterocycles. The molecule has 194 valence electrons. The number of para-hydroxylation sites is 2. The number of halogens is 3. The number of benzene rings is 3. The van der Waals surface area contributed by atoms with Crippen molar-refractivity contribution in [2.75, 3.05) is 0 Å². The maximum atomic E-state index is 13.7. The summed E-state index contributed by atoms with van der Waals surface area (Å²) in [5.74, 6) is -0.405. The number of imidazole rings is 1. The second-order valence-corrected chi connectivity index (χ2v) is 9.52. The second-order valence-electron chi connectivity index (χ2n) is 9.52. The Morgan fingerprint density at radius 3 is 2.50 bits per heavy atom. The van der Waals surface area contributed by atoms with Crippen LogP contribution in [0.15, 0.2) is 73.1 Å². The van der Waals surface area contributed by atoms with E-state index in [1.807, 2.05) is 53.1 Å². The first-order valence-corrected chi connectivity index (χ1v) is 11.8. The third kappa shape index (κ3) is 5.13. The zero-order chi connectivity index (χ0) is 26.9. The van der Waals surface area contributed by atoms with Crippen LogP contribution in [0.2, 0.25) is 0 Å². The lowest BCUT2D eigenvalue weighted by Gasteiger charge is -2.23. The SMILES string of the molecule is CC(C)(c1cc(C(=O)NCc2cccc(Cn3cnc4ccccc43)c2)cc(C(F)(F)F)c1)c1nn[nH]n1. The molecule has 2 N–H and O–H groups in total. The van der Waals surface area contributed by atoms with Crippen LogP contribution >= 0.6 is 0 Å². The first kappa shape index (κ1) is 25.1. The number of H-pyrrole nitrogens is 1. The molecule has 5 aromatic rings. The molecule has 2 aromatic heterocycles. The molecule has 38 heavy (non-hydrogen) atoms.